The van der Waals surface area contributed by atoms with E-state index in [1.165, 1.54) is 6.07 Å². The van der Waals surface area contributed by atoms with Gasteiger partial charge in [0.1, 0.15) is 17.3 Å². The third-order valence-corrected chi connectivity index (χ3v) is 5.92. The van der Waals surface area contributed by atoms with Gasteiger partial charge in [-0.2, -0.15) is 5.10 Å². The number of fused-ring (bicyclic) bond motifs is 1. The average Bonchev–Trinajstić information content (AvgIpc) is 3.45. The molecule has 1 atom stereocenters. The van der Waals surface area contributed by atoms with Crippen LogP contribution in [0.1, 0.15) is 52.9 Å². The first-order chi connectivity index (χ1) is 16.0. The van der Waals surface area contributed by atoms with Crippen LogP contribution in [0.4, 0.5) is 4.39 Å². The Morgan fingerprint density at radius 1 is 1.12 bits per heavy atom. The fourth-order valence-electron chi connectivity index (χ4n) is 4.24. The summed E-state index contributed by atoms with van der Waals surface area (Å²) in [5.41, 5.74) is 4.22. The first kappa shape index (κ1) is 21.1. The van der Waals surface area contributed by atoms with Crippen LogP contribution in [0.3, 0.4) is 0 Å². The number of nitrogens with zero attached hydrogens (tertiary/aromatic N) is 6. The minimum Gasteiger partial charge on any atom is -0.479 e. The van der Waals surface area contributed by atoms with Crippen molar-refractivity contribution in [3.05, 3.63) is 82.8 Å². The quantitative estimate of drug-likeness (QED) is 0.446. The molecule has 0 spiro atoms. The van der Waals surface area contributed by atoms with Crippen LogP contribution >= 0.6 is 0 Å². The molecule has 1 aliphatic heterocycles. The molecule has 1 aromatic carbocycles. The second-order valence-electron chi connectivity index (χ2n) is 8.27. The summed E-state index contributed by atoms with van der Waals surface area (Å²) in [5.74, 6) is 1.99. The molecule has 0 N–H and O–H groups in total. The fourth-order valence-corrected chi connectivity index (χ4v) is 4.24. The molecule has 1 aliphatic rings. The van der Waals surface area contributed by atoms with Gasteiger partial charge in [-0.05, 0) is 68.2 Å². The van der Waals surface area contributed by atoms with Crippen LogP contribution in [0.25, 0.3) is 17.8 Å². The molecule has 0 bridgehead atoms. The SMILES string of the molecule is COc1nc(/C=C/c2nc3n(n2)CCC[C@@H]3c2ccc(F)c(C)c2)ccc1-n1cnc(C)c1. The molecule has 0 radical (unpaired) electrons. The van der Waals surface area contributed by atoms with Gasteiger partial charge in [0.15, 0.2) is 5.82 Å². The maximum absolute atomic E-state index is 13.7. The molecule has 0 amide bonds. The van der Waals surface area contributed by atoms with Crippen molar-refractivity contribution in [1.29, 1.82) is 0 Å². The second kappa shape index (κ2) is 8.61. The lowest BCUT2D eigenvalue weighted by Crippen LogP contribution is -2.18. The van der Waals surface area contributed by atoms with Gasteiger partial charge in [-0.1, -0.05) is 12.1 Å². The predicted molar refractivity (Wildman–Crippen MR) is 124 cm³/mol. The summed E-state index contributed by atoms with van der Waals surface area (Å²) < 4.78 is 23.1. The van der Waals surface area contributed by atoms with Gasteiger partial charge in [0.25, 0.3) is 0 Å². The van der Waals surface area contributed by atoms with Crippen LogP contribution in [0.5, 0.6) is 5.88 Å². The molecule has 4 heterocycles. The average molecular weight is 445 g/mol. The number of rotatable bonds is 5. The van der Waals surface area contributed by atoms with Crippen LogP contribution in [0.15, 0.2) is 42.9 Å². The van der Waals surface area contributed by atoms with Gasteiger partial charge in [-0.3, -0.25) is 0 Å². The molecule has 33 heavy (non-hydrogen) atoms. The van der Waals surface area contributed by atoms with E-state index in [0.717, 1.165) is 47.8 Å². The molecular weight excluding hydrogens is 419 g/mol. The van der Waals surface area contributed by atoms with Gasteiger partial charge < -0.3 is 9.30 Å². The number of aromatic nitrogens is 6. The molecule has 0 fully saturated rings. The van der Waals surface area contributed by atoms with E-state index in [9.17, 15) is 4.39 Å². The van der Waals surface area contributed by atoms with Crippen molar-refractivity contribution in [2.24, 2.45) is 0 Å². The van der Waals surface area contributed by atoms with E-state index in [1.807, 2.05) is 58.8 Å². The van der Waals surface area contributed by atoms with Gasteiger partial charge in [-0.25, -0.2) is 24.0 Å². The third kappa shape index (κ3) is 4.16. The number of methoxy groups -OCH3 is 1. The second-order valence-corrected chi connectivity index (χ2v) is 8.27. The third-order valence-electron chi connectivity index (χ3n) is 5.92. The minimum atomic E-state index is -0.184. The standard InChI is InChI=1S/C25H25FN6O/c1-16-13-18(6-9-21(16)26)20-5-4-12-32-24(20)29-23(30-32)11-8-19-7-10-22(25(28-19)33-3)31-14-17(2)27-15-31/h6-11,13-15,20H,4-5,12H2,1-3H3/b11-8+/t20-/m1/s1. The first-order valence-corrected chi connectivity index (χ1v) is 11.0. The number of pyridine rings is 1. The smallest absolute Gasteiger partial charge is 0.238 e. The summed E-state index contributed by atoms with van der Waals surface area (Å²) in [4.78, 5) is 13.6. The van der Waals surface area contributed by atoms with E-state index in [2.05, 4.69) is 15.1 Å². The summed E-state index contributed by atoms with van der Waals surface area (Å²) >= 11 is 0. The van der Waals surface area contributed by atoms with E-state index in [-0.39, 0.29) is 11.7 Å². The van der Waals surface area contributed by atoms with Crippen molar-refractivity contribution in [1.82, 2.24) is 29.3 Å². The Balaban J connectivity index is 1.41. The van der Waals surface area contributed by atoms with Crippen molar-refractivity contribution in [3.8, 4) is 11.6 Å². The highest BCUT2D eigenvalue weighted by molar-refractivity contribution is 5.65. The van der Waals surface area contributed by atoms with Crippen molar-refractivity contribution in [2.75, 3.05) is 7.11 Å². The zero-order valence-corrected chi connectivity index (χ0v) is 18.9. The molecule has 5 rings (SSSR count). The number of halogens is 1. The molecule has 0 saturated heterocycles. The Bertz CT molecular complexity index is 1340. The molecule has 3 aromatic heterocycles. The summed E-state index contributed by atoms with van der Waals surface area (Å²) in [6, 6.07) is 9.18. The summed E-state index contributed by atoms with van der Waals surface area (Å²) in [6.45, 7) is 4.56. The maximum atomic E-state index is 13.7. The van der Waals surface area contributed by atoms with Gasteiger partial charge >= 0.3 is 0 Å². The minimum absolute atomic E-state index is 0.115. The first-order valence-electron chi connectivity index (χ1n) is 11.0. The van der Waals surface area contributed by atoms with E-state index in [1.54, 1.807) is 20.4 Å². The van der Waals surface area contributed by atoms with E-state index in [4.69, 9.17) is 9.72 Å². The molecule has 0 unspecified atom stereocenters. The highest BCUT2D eigenvalue weighted by atomic mass is 19.1. The number of aryl methyl sites for hydroxylation is 3. The molecular formula is C25H25FN6O. The van der Waals surface area contributed by atoms with Crippen LogP contribution in [-0.2, 0) is 6.54 Å². The van der Waals surface area contributed by atoms with E-state index >= 15 is 0 Å². The topological polar surface area (TPSA) is 70.7 Å². The Labute approximate surface area is 191 Å². The van der Waals surface area contributed by atoms with Gasteiger partial charge in [0.05, 0.1) is 24.8 Å². The largest absolute Gasteiger partial charge is 0.479 e. The lowest BCUT2D eigenvalue weighted by molar-refractivity contribution is 0.395. The van der Waals surface area contributed by atoms with Gasteiger partial charge in [0.2, 0.25) is 5.88 Å². The summed E-state index contributed by atoms with van der Waals surface area (Å²) in [6.07, 6.45) is 9.39. The Kier molecular flexibility index (Phi) is 5.50. The van der Waals surface area contributed by atoms with Crippen molar-refractivity contribution >= 4 is 12.2 Å². The number of hydrogen-bond donors (Lipinski definition) is 0. The predicted octanol–water partition coefficient (Wildman–Crippen LogP) is 4.72. The van der Waals surface area contributed by atoms with E-state index in [0.29, 0.717) is 17.3 Å². The Hall–Kier alpha value is -3.81. The van der Waals surface area contributed by atoms with Crippen LogP contribution in [0.2, 0.25) is 0 Å². The summed E-state index contributed by atoms with van der Waals surface area (Å²) in [5, 5.41) is 4.67. The highest BCUT2D eigenvalue weighted by Crippen LogP contribution is 2.33. The van der Waals surface area contributed by atoms with Crippen LogP contribution in [0, 0.1) is 19.7 Å². The Morgan fingerprint density at radius 2 is 2.00 bits per heavy atom. The van der Waals surface area contributed by atoms with E-state index < -0.39 is 0 Å². The lowest BCUT2D eigenvalue weighted by atomic mass is 9.90. The lowest BCUT2D eigenvalue weighted by Gasteiger charge is -2.22. The maximum Gasteiger partial charge on any atom is 0.238 e. The number of hydrogen-bond acceptors (Lipinski definition) is 5. The highest BCUT2D eigenvalue weighted by Gasteiger charge is 2.25. The number of ether oxygens (including phenoxy) is 1. The molecule has 0 aliphatic carbocycles. The summed E-state index contributed by atoms with van der Waals surface area (Å²) in [7, 11) is 1.60. The number of imidazole rings is 1. The van der Waals surface area contributed by atoms with Crippen LogP contribution in [-0.4, -0.2) is 36.4 Å². The zero-order valence-electron chi connectivity index (χ0n) is 18.9. The normalized spacial score (nSPS) is 15.7. The van der Waals surface area contributed by atoms with Crippen molar-refractivity contribution < 1.29 is 9.13 Å². The number of benzene rings is 1. The zero-order chi connectivity index (χ0) is 22.9. The van der Waals surface area contributed by atoms with Gasteiger partial charge in [0, 0.05) is 18.7 Å². The molecule has 0 saturated carbocycles. The van der Waals surface area contributed by atoms with Gasteiger partial charge in [-0.15, -0.1) is 0 Å². The Morgan fingerprint density at radius 3 is 2.76 bits per heavy atom. The molecule has 7 nitrogen and oxygen atoms in total. The molecule has 168 valence electrons. The van der Waals surface area contributed by atoms with Crippen LogP contribution < -0.4 is 4.74 Å². The van der Waals surface area contributed by atoms with Crippen molar-refractivity contribution in [3.63, 3.8) is 0 Å². The monoisotopic (exact) mass is 444 g/mol. The molecule has 8 heteroatoms. The molecule has 4 aromatic rings. The van der Waals surface area contributed by atoms with Crippen molar-refractivity contribution in [2.45, 2.75) is 39.2 Å². The fraction of sp³-hybridized carbons (Fsp3) is 0.280.